The van der Waals surface area contributed by atoms with E-state index in [0.717, 1.165) is 18.2 Å². The van der Waals surface area contributed by atoms with Gasteiger partial charge in [-0.15, -0.1) is 0 Å². The number of halogens is 1. The molecule has 0 aliphatic rings. The molecule has 1 aromatic carbocycles. The molecule has 5 heteroatoms. The summed E-state index contributed by atoms with van der Waals surface area (Å²) in [5, 5.41) is 26.6. The molecule has 0 spiro atoms. The second kappa shape index (κ2) is 4.06. The summed E-state index contributed by atoms with van der Waals surface area (Å²) < 4.78 is 12.7. The van der Waals surface area contributed by atoms with Crippen LogP contribution < -0.4 is 0 Å². The standard InChI is InChI=1S/C9H9FO4/c10-6-1-5(2-7(11)3-6)8(12)4-9(13)14/h1-3,8,11-12H,4H2,(H,13,14). The molecule has 76 valence electrons. The van der Waals surface area contributed by atoms with Gasteiger partial charge in [0.25, 0.3) is 0 Å². The number of benzene rings is 1. The minimum absolute atomic E-state index is 0.0462. The highest BCUT2D eigenvalue weighted by atomic mass is 19.1. The summed E-state index contributed by atoms with van der Waals surface area (Å²) in [5.74, 6) is -2.25. The minimum Gasteiger partial charge on any atom is -0.508 e. The number of aromatic hydroxyl groups is 1. The summed E-state index contributed by atoms with van der Waals surface area (Å²) in [7, 11) is 0. The van der Waals surface area contributed by atoms with Crippen LogP contribution in [-0.4, -0.2) is 21.3 Å². The van der Waals surface area contributed by atoms with Crippen LogP contribution in [0.15, 0.2) is 18.2 Å². The number of hydrogen-bond acceptors (Lipinski definition) is 3. The summed E-state index contributed by atoms with van der Waals surface area (Å²) in [5.41, 5.74) is 0.0462. The highest BCUT2D eigenvalue weighted by Crippen LogP contribution is 2.22. The number of aliphatic hydroxyl groups is 1. The Bertz CT molecular complexity index is 330. The quantitative estimate of drug-likeness (QED) is 0.681. The molecule has 0 amide bonds. The molecule has 0 saturated heterocycles. The van der Waals surface area contributed by atoms with Crippen molar-refractivity contribution in [3.63, 3.8) is 0 Å². The number of hydrogen-bond donors (Lipinski definition) is 3. The number of carbonyl (C=O) groups is 1. The fourth-order valence-corrected chi connectivity index (χ4v) is 1.07. The van der Waals surface area contributed by atoms with E-state index in [9.17, 15) is 14.3 Å². The Morgan fingerprint density at radius 1 is 1.43 bits per heavy atom. The molecule has 0 aromatic heterocycles. The van der Waals surface area contributed by atoms with Crippen LogP contribution in [0.25, 0.3) is 0 Å². The molecule has 14 heavy (non-hydrogen) atoms. The van der Waals surface area contributed by atoms with Crippen LogP contribution in [0.4, 0.5) is 4.39 Å². The van der Waals surface area contributed by atoms with Crippen LogP contribution in [0.3, 0.4) is 0 Å². The Hall–Kier alpha value is -1.62. The van der Waals surface area contributed by atoms with Crippen LogP contribution in [0.5, 0.6) is 5.75 Å². The first kappa shape index (κ1) is 10.5. The molecule has 0 saturated carbocycles. The third-order valence-electron chi connectivity index (χ3n) is 1.66. The Kier molecular flexibility index (Phi) is 3.03. The normalized spacial score (nSPS) is 12.4. The van der Waals surface area contributed by atoms with E-state index in [1.165, 1.54) is 0 Å². The van der Waals surface area contributed by atoms with E-state index in [1.54, 1.807) is 0 Å². The van der Waals surface area contributed by atoms with E-state index >= 15 is 0 Å². The van der Waals surface area contributed by atoms with Gasteiger partial charge in [-0.05, 0) is 17.7 Å². The summed E-state index contributed by atoms with van der Waals surface area (Å²) >= 11 is 0. The number of phenolic OH excluding ortho intramolecular Hbond substituents is 1. The van der Waals surface area contributed by atoms with Gasteiger partial charge in [0.15, 0.2) is 0 Å². The second-order valence-electron chi connectivity index (χ2n) is 2.86. The van der Waals surface area contributed by atoms with Crippen molar-refractivity contribution >= 4 is 5.97 Å². The Morgan fingerprint density at radius 2 is 2.07 bits per heavy atom. The zero-order valence-electron chi connectivity index (χ0n) is 7.14. The fourth-order valence-electron chi connectivity index (χ4n) is 1.07. The largest absolute Gasteiger partial charge is 0.508 e. The molecule has 0 aliphatic carbocycles. The molecule has 0 fully saturated rings. The maximum Gasteiger partial charge on any atom is 0.306 e. The van der Waals surface area contributed by atoms with Gasteiger partial charge in [-0.3, -0.25) is 4.79 Å². The summed E-state index contributed by atoms with van der Waals surface area (Å²) in [4.78, 5) is 10.2. The zero-order valence-corrected chi connectivity index (χ0v) is 7.14. The maximum atomic E-state index is 12.7. The van der Waals surface area contributed by atoms with Gasteiger partial charge in [-0.25, -0.2) is 4.39 Å². The van der Waals surface area contributed by atoms with Crippen molar-refractivity contribution in [2.75, 3.05) is 0 Å². The summed E-state index contributed by atoms with van der Waals surface area (Å²) in [6.07, 6.45) is -1.84. The van der Waals surface area contributed by atoms with Gasteiger partial charge in [0.1, 0.15) is 11.6 Å². The lowest BCUT2D eigenvalue weighted by molar-refractivity contribution is -0.139. The number of carboxylic acid groups (broad SMARTS) is 1. The molecule has 0 radical (unpaired) electrons. The van der Waals surface area contributed by atoms with E-state index in [4.69, 9.17) is 10.2 Å². The third-order valence-corrected chi connectivity index (χ3v) is 1.66. The van der Waals surface area contributed by atoms with Gasteiger partial charge in [0, 0.05) is 6.07 Å². The number of rotatable bonds is 3. The van der Waals surface area contributed by atoms with Crippen molar-refractivity contribution in [1.82, 2.24) is 0 Å². The van der Waals surface area contributed by atoms with Crippen LogP contribution in [0.2, 0.25) is 0 Å². The molecule has 4 nitrogen and oxygen atoms in total. The Balaban J connectivity index is 2.89. The lowest BCUT2D eigenvalue weighted by atomic mass is 10.1. The first-order chi connectivity index (χ1) is 6.49. The number of phenols is 1. The Labute approximate surface area is 79.2 Å². The van der Waals surface area contributed by atoms with Crippen molar-refractivity contribution in [2.45, 2.75) is 12.5 Å². The zero-order chi connectivity index (χ0) is 10.7. The molecule has 3 N–H and O–H groups in total. The smallest absolute Gasteiger partial charge is 0.306 e. The number of aliphatic carboxylic acids is 1. The van der Waals surface area contributed by atoms with E-state index < -0.39 is 24.3 Å². The predicted octanol–water partition coefficient (Wildman–Crippen LogP) is 1.04. The van der Waals surface area contributed by atoms with Gasteiger partial charge in [-0.2, -0.15) is 0 Å². The molecular weight excluding hydrogens is 191 g/mol. The molecule has 1 rings (SSSR count). The van der Waals surface area contributed by atoms with Gasteiger partial charge >= 0.3 is 5.97 Å². The van der Waals surface area contributed by atoms with Crippen molar-refractivity contribution < 1.29 is 24.5 Å². The SMILES string of the molecule is O=C(O)CC(O)c1cc(O)cc(F)c1. The van der Waals surface area contributed by atoms with Crippen LogP contribution >= 0.6 is 0 Å². The molecular formula is C9H9FO4. The average Bonchev–Trinajstić information content (AvgIpc) is 2.00. The topological polar surface area (TPSA) is 77.8 Å². The summed E-state index contributed by atoms with van der Waals surface area (Å²) in [6.45, 7) is 0. The second-order valence-corrected chi connectivity index (χ2v) is 2.86. The number of carboxylic acids is 1. The minimum atomic E-state index is -1.31. The van der Waals surface area contributed by atoms with E-state index in [0.29, 0.717) is 0 Å². The molecule has 1 aromatic rings. The monoisotopic (exact) mass is 200 g/mol. The van der Waals surface area contributed by atoms with Crippen molar-refractivity contribution in [1.29, 1.82) is 0 Å². The first-order valence-corrected chi connectivity index (χ1v) is 3.88. The number of aliphatic hydroxyl groups excluding tert-OH is 1. The Morgan fingerprint density at radius 3 is 2.57 bits per heavy atom. The van der Waals surface area contributed by atoms with Gasteiger partial charge in [0.05, 0.1) is 12.5 Å². The van der Waals surface area contributed by atoms with Crippen LogP contribution in [0, 0.1) is 5.82 Å². The average molecular weight is 200 g/mol. The molecule has 0 aliphatic heterocycles. The molecule has 0 heterocycles. The molecule has 1 unspecified atom stereocenters. The van der Waals surface area contributed by atoms with Crippen LogP contribution in [-0.2, 0) is 4.79 Å². The highest BCUT2D eigenvalue weighted by Gasteiger charge is 2.13. The van der Waals surface area contributed by atoms with Crippen LogP contribution in [0.1, 0.15) is 18.1 Å². The predicted molar refractivity (Wildman–Crippen MR) is 45.3 cm³/mol. The van der Waals surface area contributed by atoms with Gasteiger partial charge in [0.2, 0.25) is 0 Å². The molecule has 1 atom stereocenters. The van der Waals surface area contributed by atoms with Gasteiger partial charge < -0.3 is 15.3 Å². The lowest BCUT2D eigenvalue weighted by Crippen LogP contribution is -2.05. The van der Waals surface area contributed by atoms with Crippen molar-refractivity contribution in [2.24, 2.45) is 0 Å². The maximum absolute atomic E-state index is 12.7. The van der Waals surface area contributed by atoms with Crippen molar-refractivity contribution in [3.05, 3.63) is 29.6 Å². The lowest BCUT2D eigenvalue weighted by Gasteiger charge is -2.08. The van der Waals surface area contributed by atoms with Gasteiger partial charge in [-0.1, -0.05) is 0 Å². The summed E-state index contributed by atoms with van der Waals surface area (Å²) in [6, 6.07) is 2.97. The third kappa shape index (κ3) is 2.70. The highest BCUT2D eigenvalue weighted by molar-refractivity contribution is 5.67. The molecule has 0 bridgehead atoms. The van der Waals surface area contributed by atoms with E-state index in [2.05, 4.69) is 0 Å². The van der Waals surface area contributed by atoms with Crippen molar-refractivity contribution in [3.8, 4) is 5.75 Å². The fraction of sp³-hybridized carbons (Fsp3) is 0.222. The van der Waals surface area contributed by atoms with E-state index in [1.807, 2.05) is 0 Å². The van der Waals surface area contributed by atoms with E-state index in [-0.39, 0.29) is 11.3 Å². The first-order valence-electron chi connectivity index (χ1n) is 3.88.